The van der Waals surface area contributed by atoms with Gasteiger partial charge in [0.15, 0.2) is 0 Å². The maximum atomic E-state index is 12.7. The number of piperazine rings is 1. The molecule has 2 saturated heterocycles. The number of hydrogen-bond donors (Lipinski definition) is 1. The third kappa shape index (κ3) is 2.99. The Morgan fingerprint density at radius 3 is 2.86 bits per heavy atom. The van der Waals surface area contributed by atoms with Crippen molar-refractivity contribution in [3.63, 3.8) is 0 Å². The highest BCUT2D eigenvalue weighted by atomic mass is 16.2. The summed E-state index contributed by atoms with van der Waals surface area (Å²) in [4.78, 5) is 28.7. The Morgan fingerprint density at radius 1 is 1.27 bits per heavy atom. The first kappa shape index (κ1) is 15.0. The van der Waals surface area contributed by atoms with Crippen LogP contribution < -0.4 is 5.32 Å². The number of nitrogens with one attached hydrogen (secondary N) is 1. The van der Waals surface area contributed by atoms with Crippen LogP contribution in [0.15, 0.2) is 24.3 Å². The summed E-state index contributed by atoms with van der Waals surface area (Å²) >= 11 is 0. The maximum absolute atomic E-state index is 12.7. The molecule has 5 nitrogen and oxygen atoms in total. The lowest BCUT2D eigenvalue weighted by Gasteiger charge is -2.41. The number of rotatable bonds is 2. The van der Waals surface area contributed by atoms with Gasteiger partial charge in [0.1, 0.15) is 0 Å². The predicted octanol–water partition coefficient (Wildman–Crippen LogP) is 1.03. The zero-order valence-corrected chi connectivity index (χ0v) is 13.0. The monoisotopic (exact) mass is 301 g/mol. The molecule has 0 aliphatic carbocycles. The number of carbonyl (C=O) groups is 2. The summed E-state index contributed by atoms with van der Waals surface area (Å²) in [6.45, 7) is 5.41. The number of hydrogen-bond acceptors (Lipinski definition) is 3. The molecule has 0 bridgehead atoms. The molecule has 1 atom stereocenters. The fourth-order valence-electron chi connectivity index (χ4n) is 3.38. The van der Waals surface area contributed by atoms with Crippen molar-refractivity contribution in [2.75, 3.05) is 32.7 Å². The minimum absolute atomic E-state index is 0.0883. The van der Waals surface area contributed by atoms with Crippen molar-refractivity contribution in [3.05, 3.63) is 35.4 Å². The van der Waals surface area contributed by atoms with Crippen molar-refractivity contribution in [2.45, 2.75) is 25.8 Å². The van der Waals surface area contributed by atoms with E-state index in [2.05, 4.69) is 5.32 Å². The van der Waals surface area contributed by atoms with Crippen LogP contribution in [0.4, 0.5) is 0 Å². The number of likely N-dealkylation sites (tertiary alicyclic amines) is 1. The maximum Gasteiger partial charge on any atom is 0.254 e. The highest BCUT2D eigenvalue weighted by molar-refractivity contribution is 5.95. The summed E-state index contributed by atoms with van der Waals surface area (Å²) in [6.07, 6.45) is 1.95. The van der Waals surface area contributed by atoms with E-state index in [-0.39, 0.29) is 17.9 Å². The minimum Gasteiger partial charge on any atom is -0.337 e. The molecular formula is C17H23N3O2. The summed E-state index contributed by atoms with van der Waals surface area (Å²) in [5.74, 6) is 0.242. The first-order valence-corrected chi connectivity index (χ1v) is 8.02. The van der Waals surface area contributed by atoms with Gasteiger partial charge < -0.3 is 15.1 Å². The van der Waals surface area contributed by atoms with Crippen LogP contribution in [-0.4, -0.2) is 60.4 Å². The van der Waals surface area contributed by atoms with E-state index in [4.69, 9.17) is 0 Å². The van der Waals surface area contributed by atoms with E-state index in [1.54, 1.807) is 0 Å². The van der Waals surface area contributed by atoms with Gasteiger partial charge in [0.25, 0.3) is 5.91 Å². The molecule has 2 aliphatic rings. The lowest BCUT2D eigenvalue weighted by Crippen LogP contribution is -2.57. The standard InChI is InChI=1S/C17H23N3O2/c1-13-5-2-3-7-15(13)17(22)19-9-4-6-14(12-19)20-10-8-18-11-16(20)21/h2-3,5,7,14,18H,4,6,8-12H2,1H3. The Labute approximate surface area is 131 Å². The molecule has 2 aliphatic heterocycles. The minimum atomic E-state index is 0.0883. The molecule has 1 N–H and O–H groups in total. The van der Waals surface area contributed by atoms with E-state index >= 15 is 0 Å². The summed E-state index contributed by atoms with van der Waals surface area (Å²) in [5.41, 5.74) is 1.78. The Balaban J connectivity index is 1.71. The first-order chi connectivity index (χ1) is 10.7. The van der Waals surface area contributed by atoms with Gasteiger partial charge in [-0.3, -0.25) is 9.59 Å². The summed E-state index contributed by atoms with van der Waals surface area (Å²) in [5, 5.41) is 3.10. The van der Waals surface area contributed by atoms with Gasteiger partial charge in [0.2, 0.25) is 5.91 Å². The molecule has 1 aromatic rings. The lowest BCUT2D eigenvalue weighted by atomic mass is 10.0. The number of carbonyl (C=O) groups excluding carboxylic acids is 2. The zero-order chi connectivity index (χ0) is 15.5. The van der Waals surface area contributed by atoms with Crippen LogP contribution in [0.3, 0.4) is 0 Å². The van der Waals surface area contributed by atoms with Crippen LogP contribution in [-0.2, 0) is 4.79 Å². The first-order valence-electron chi connectivity index (χ1n) is 8.02. The predicted molar refractivity (Wildman–Crippen MR) is 84.7 cm³/mol. The summed E-state index contributed by atoms with van der Waals surface area (Å²) < 4.78 is 0. The molecule has 118 valence electrons. The third-order valence-corrected chi connectivity index (χ3v) is 4.63. The Hall–Kier alpha value is -1.88. The number of benzene rings is 1. The molecule has 2 heterocycles. The van der Waals surface area contributed by atoms with Crippen LogP contribution >= 0.6 is 0 Å². The molecular weight excluding hydrogens is 278 g/mol. The van der Waals surface area contributed by atoms with Gasteiger partial charge in [-0.1, -0.05) is 18.2 Å². The molecule has 1 aromatic carbocycles. The average Bonchev–Trinajstić information content (AvgIpc) is 2.55. The number of nitrogens with zero attached hydrogens (tertiary/aromatic N) is 2. The van der Waals surface area contributed by atoms with Crippen molar-refractivity contribution in [2.24, 2.45) is 0 Å². The van der Waals surface area contributed by atoms with E-state index in [9.17, 15) is 9.59 Å². The fourth-order valence-corrected chi connectivity index (χ4v) is 3.38. The normalized spacial score (nSPS) is 22.8. The molecule has 22 heavy (non-hydrogen) atoms. The number of amides is 2. The van der Waals surface area contributed by atoms with Crippen LogP contribution in [0.25, 0.3) is 0 Å². The van der Waals surface area contributed by atoms with Crippen LogP contribution in [0.5, 0.6) is 0 Å². The van der Waals surface area contributed by atoms with E-state index < -0.39 is 0 Å². The Morgan fingerprint density at radius 2 is 2.09 bits per heavy atom. The van der Waals surface area contributed by atoms with Crippen molar-refractivity contribution in [1.82, 2.24) is 15.1 Å². The van der Waals surface area contributed by atoms with E-state index in [0.29, 0.717) is 13.1 Å². The molecule has 2 fully saturated rings. The largest absolute Gasteiger partial charge is 0.337 e. The second-order valence-corrected chi connectivity index (χ2v) is 6.13. The van der Waals surface area contributed by atoms with Gasteiger partial charge in [0, 0.05) is 37.8 Å². The van der Waals surface area contributed by atoms with Gasteiger partial charge >= 0.3 is 0 Å². The molecule has 5 heteroatoms. The van der Waals surface area contributed by atoms with Gasteiger partial charge in [-0.05, 0) is 31.4 Å². The second kappa shape index (κ2) is 6.48. The van der Waals surface area contributed by atoms with Crippen LogP contribution in [0, 0.1) is 6.92 Å². The Kier molecular flexibility index (Phi) is 4.43. The molecule has 0 spiro atoms. The zero-order valence-electron chi connectivity index (χ0n) is 13.0. The SMILES string of the molecule is Cc1ccccc1C(=O)N1CCCC(N2CCNCC2=O)C1. The van der Waals surface area contributed by atoms with E-state index in [0.717, 1.165) is 43.6 Å². The van der Waals surface area contributed by atoms with Crippen LogP contribution in [0.2, 0.25) is 0 Å². The fraction of sp³-hybridized carbons (Fsp3) is 0.529. The third-order valence-electron chi connectivity index (χ3n) is 4.63. The highest BCUT2D eigenvalue weighted by Gasteiger charge is 2.32. The summed E-state index contributed by atoms with van der Waals surface area (Å²) in [7, 11) is 0. The average molecular weight is 301 g/mol. The van der Waals surface area contributed by atoms with Crippen molar-refractivity contribution < 1.29 is 9.59 Å². The lowest BCUT2D eigenvalue weighted by molar-refractivity contribution is -0.135. The van der Waals surface area contributed by atoms with Gasteiger partial charge in [-0.25, -0.2) is 0 Å². The van der Waals surface area contributed by atoms with Crippen LogP contribution in [0.1, 0.15) is 28.8 Å². The molecule has 0 aromatic heterocycles. The van der Waals surface area contributed by atoms with Crippen molar-refractivity contribution in [1.29, 1.82) is 0 Å². The van der Waals surface area contributed by atoms with Crippen molar-refractivity contribution in [3.8, 4) is 0 Å². The second-order valence-electron chi connectivity index (χ2n) is 6.13. The quantitative estimate of drug-likeness (QED) is 0.888. The van der Waals surface area contributed by atoms with Crippen molar-refractivity contribution >= 4 is 11.8 Å². The Bertz CT molecular complexity index is 573. The summed E-state index contributed by atoms with van der Waals surface area (Å²) in [6, 6.07) is 7.87. The molecule has 0 saturated carbocycles. The van der Waals surface area contributed by atoms with Gasteiger partial charge in [-0.2, -0.15) is 0 Å². The number of piperidine rings is 1. The number of aryl methyl sites for hydroxylation is 1. The highest BCUT2D eigenvalue weighted by Crippen LogP contribution is 2.20. The van der Waals surface area contributed by atoms with Gasteiger partial charge in [-0.15, -0.1) is 0 Å². The molecule has 1 unspecified atom stereocenters. The van der Waals surface area contributed by atoms with E-state index in [1.807, 2.05) is 41.0 Å². The molecule has 3 rings (SSSR count). The van der Waals surface area contributed by atoms with E-state index in [1.165, 1.54) is 0 Å². The molecule has 2 amide bonds. The smallest absolute Gasteiger partial charge is 0.254 e. The topological polar surface area (TPSA) is 52.7 Å². The van der Waals surface area contributed by atoms with Gasteiger partial charge in [0.05, 0.1) is 6.54 Å². The molecule has 0 radical (unpaired) electrons.